The minimum atomic E-state index is -3.73. The van der Waals surface area contributed by atoms with Gasteiger partial charge in [0.05, 0.1) is 0 Å². The molecular weight excluding hydrogens is 338 g/mol. The summed E-state index contributed by atoms with van der Waals surface area (Å²) in [6.07, 6.45) is 1.54. The predicted octanol–water partition coefficient (Wildman–Crippen LogP) is 2.71. The highest BCUT2D eigenvalue weighted by Crippen LogP contribution is 2.23. The lowest BCUT2D eigenvalue weighted by molar-refractivity contribution is 0.0683. The zero-order valence-corrected chi connectivity index (χ0v) is 15.5. The number of hydrogen-bond donors (Lipinski definition) is 1. The van der Waals surface area contributed by atoms with E-state index in [1.54, 1.807) is 21.6 Å². The van der Waals surface area contributed by atoms with E-state index in [-0.39, 0.29) is 10.8 Å². The van der Waals surface area contributed by atoms with Crippen LogP contribution < -0.4 is 4.72 Å². The van der Waals surface area contributed by atoms with Crippen LogP contribution >= 0.6 is 0 Å². The summed E-state index contributed by atoms with van der Waals surface area (Å²) in [5, 5.41) is 0. The lowest BCUT2D eigenvalue weighted by Gasteiger charge is -2.29. The number of nitrogens with zero attached hydrogens (tertiary/aromatic N) is 2. The molecule has 0 bridgehead atoms. The number of benzene rings is 1. The minimum Gasteiger partial charge on any atom is -0.340 e. The Balaban J connectivity index is 1.85. The predicted molar refractivity (Wildman–Crippen MR) is 97.2 cm³/mol. The van der Waals surface area contributed by atoms with Gasteiger partial charge in [-0.3, -0.25) is 9.52 Å². The number of rotatable bonds is 5. The maximum atomic E-state index is 12.6. The number of nitrogens with one attached hydrogen (secondary N) is 1. The van der Waals surface area contributed by atoms with Crippen LogP contribution in [0.15, 0.2) is 41.4 Å². The van der Waals surface area contributed by atoms with E-state index in [0.717, 1.165) is 5.56 Å². The van der Waals surface area contributed by atoms with E-state index in [4.69, 9.17) is 0 Å². The number of carbonyl (C=O) groups excluding carboxylic acids is 1. The molecule has 25 heavy (non-hydrogen) atoms. The third-order valence-electron chi connectivity index (χ3n) is 4.19. The smallest absolute Gasteiger partial charge is 0.270 e. The second-order valence-electron chi connectivity index (χ2n) is 6.87. The van der Waals surface area contributed by atoms with E-state index in [1.807, 2.05) is 19.1 Å². The average molecular weight is 361 g/mol. The molecule has 0 fully saturated rings. The van der Waals surface area contributed by atoms with Crippen LogP contribution in [-0.4, -0.2) is 36.9 Å². The van der Waals surface area contributed by atoms with E-state index >= 15 is 0 Å². The number of aromatic nitrogens is 1. The van der Waals surface area contributed by atoms with Crippen LogP contribution in [0.5, 0.6) is 0 Å². The van der Waals surface area contributed by atoms with Crippen molar-refractivity contribution in [3.63, 3.8) is 0 Å². The molecule has 2 aromatic rings. The van der Waals surface area contributed by atoms with Crippen molar-refractivity contribution in [2.75, 3.05) is 17.8 Å². The first-order valence-electron chi connectivity index (χ1n) is 8.35. The van der Waals surface area contributed by atoms with E-state index in [1.165, 1.54) is 12.3 Å². The lowest BCUT2D eigenvalue weighted by atomic mass is 10.2. The van der Waals surface area contributed by atoms with Crippen molar-refractivity contribution in [1.29, 1.82) is 0 Å². The first-order chi connectivity index (χ1) is 11.8. The van der Waals surface area contributed by atoms with E-state index in [2.05, 4.69) is 18.6 Å². The summed E-state index contributed by atoms with van der Waals surface area (Å²) in [6.45, 7) is 7.93. The summed E-state index contributed by atoms with van der Waals surface area (Å²) in [6, 6.07) is 8.59. The number of carbonyl (C=O) groups is 1. The zero-order valence-electron chi connectivity index (χ0n) is 14.7. The number of anilines is 1. The van der Waals surface area contributed by atoms with Crippen molar-refractivity contribution >= 4 is 21.6 Å². The largest absolute Gasteiger partial charge is 0.340 e. The van der Waals surface area contributed by atoms with Gasteiger partial charge < -0.3 is 9.47 Å². The highest BCUT2D eigenvalue weighted by Gasteiger charge is 2.28. The van der Waals surface area contributed by atoms with Gasteiger partial charge in [-0.15, -0.1) is 0 Å². The molecule has 0 spiro atoms. The second kappa shape index (κ2) is 6.55. The highest BCUT2D eigenvalue weighted by atomic mass is 32.2. The summed E-state index contributed by atoms with van der Waals surface area (Å²) in [7, 11) is -3.73. The Morgan fingerprint density at radius 3 is 2.48 bits per heavy atom. The molecule has 1 aromatic heterocycles. The van der Waals surface area contributed by atoms with Crippen molar-refractivity contribution < 1.29 is 13.2 Å². The van der Waals surface area contributed by atoms with Crippen LogP contribution in [0, 0.1) is 12.8 Å². The van der Waals surface area contributed by atoms with Gasteiger partial charge in [-0.25, -0.2) is 8.42 Å². The molecule has 0 saturated heterocycles. The van der Waals surface area contributed by atoms with Crippen molar-refractivity contribution in [3.05, 3.63) is 47.8 Å². The van der Waals surface area contributed by atoms with Crippen LogP contribution in [0.2, 0.25) is 0 Å². The van der Waals surface area contributed by atoms with E-state index in [0.29, 0.717) is 36.9 Å². The number of hydrogen-bond acceptors (Lipinski definition) is 3. The Morgan fingerprint density at radius 1 is 1.16 bits per heavy atom. The first kappa shape index (κ1) is 17.5. The SMILES string of the molecule is Cc1ccc(NS(=O)(=O)c2cc3n(c2)CCN(CC(C)C)C3=O)cc1. The summed E-state index contributed by atoms with van der Waals surface area (Å²) in [4.78, 5) is 14.5. The van der Waals surface area contributed by atoms with Gasteiger partial charge in [-0.2, -0.15) is 0 Å². The number of aryl methyl sites for hydroxylation is 1. The molecule has 1 aliphatic rings. The molecule has 1 N–H and O–H groups in total. The Morgan fingerprint density at radius 2 is 1.84 bits per heavy atom. The van der Waals surface area contributed by atoms with Crippen LogP contribution in [0.4, 0.5) is 5.69 Å². The number of fused-ring (bicyclic) bond motifs is 1. The molecule has 0 aliphatic carbocycles. The quantitative estimate of drug-likeness (QED) is 0.890. The van der Waals surface area contributed by atoms with Gasteiger partial charge in [0, 0.05) is 31.5 Å². The molecule has 0 saturated carbocycles. The number of amides is 1. The van der Waals surface area contributed by atoms with Gasteiger partial charge in [0.25, 0.3) is 15.9 Å². The molecule has 134 valence electrons. The molecule has 2 heterocycles. The molecule has 1 amide bonds. The standard InChI is InChI=1S/C18H23N3O3S/c1-13(2)11-21-9-8-20-12-16(10-17(20)18(21)22)25(23,24)19-15-6-4-14(3)5-7-15/h4-7,10,12-13,19H,8-9,11H2,1-3H3. The Labute approximate surface area is 148 Å². The van der Waals surface area contributed by atoms with Crippen molar-refractivity contribution in [3.8, 4) is 0 Å². The fourth-order valence-corrected chi connectivity index (χ4v) is 4.03. The van der Waals surface area contributed by atoms with Crippen LogP contribution in [-0.2, 0) is 16.6 Å². The maximum absolute atomic E-state index is 12.6. The summed E-state index contributed by atoms with van der Waals surface area (Å²) in [5.41, 5.74) is 1.98. The van der Waals surface area contributed by atoms with E-state index < -0.39 is 10.0 Å². The topological polar surface area (TPSA) is 71.4 Å². The van der Waals surface area contributed by atoms with Crippen LogP contribution in [0.1, 0.15) is 29.9 Å². The number of sulfonamides is 1. The summed E-state index contributed by atoms with van der Waals surface area (Å²) < 4.78 is 29.5. The molecule has 1 aliphatic heterocycles. The summed E-state index contributed by atoms with van der Waals surface area (Å²) >= 11 is 0. The lowest BCUT2D eigenvalue weighted by Crippen LogP contribution is -2.41. The Bertz CT molecular complexity index is 883. The average Bonchev–Trinajstić information content (AvgIpc) is 2.98. The molecular formula is C18H23N3O3S. The fraction of sp³-hybridized carbons (Fsp3) is 0.389. The maximum Gasteiger partial charge on any atom is 0.270 e. The summed E-state index contributed by atoms with van der Waals surface area (Å²) in [5.74, 6) is 0.258. The van der Waals surface area contributed by atoms with Crippen molar-refractivity contribution in [2.24, 2.45) is 5.92 Å². The zero-order chi connectivity index (χ0) is 18.2. The van der Waals surface area contributed by atoms with Gasteiger partial charge >= 0.3 is 0 Å². The van der Waals surface area contributed by atoms with Crippen LogP contribution in [0.3, 0.4) is 0 Å². The molecule has 3 rings (SSSR count). The Kier molecular flexibility index (Phi) is 4.60. The fourth-order valence-electron chi connectivity index (χ4n) is 2.94. The van der Waals surface area contributed by atoms with Gasteiger partial charge in [-0.05, 0) is 31.0 Å². The highest BCUT2D eigenvalue weighted by molar-refractivity contribution is 7.92. The molecule has 0 radical (unpaired) electrons. The van der Waals surface area contributed by atoms with Gasteiger partial charge in [-0.1, -0.05) is 31.5 Å². The molecule has 1 aromatic carbocycles. The minimum absolute atomic E-state index is 0.114. The van der Waals surface area contributed by atoms with Gasteiger partial charge in [0.2, 0.25) is 0 Å². The molecule has 6 nitrogen and oxygen atoms in total. The second-order valence-corrected chi connectivity index (χ2v) is 8.55. The molecule has 0 atom stereocenters. The third-order valence-corrected chi connectivity index (χ3v) is 5.54. The Hall–Kier alpha value is -2.28. The van der Waals surface area contributed by atoms with E-state index in [9.17, 15) is 13.2 Å². The normalized spacial score (nSPS) is 14.7. The monoisotopic (exact) mass is 361 g/mol. The first-order valence-corrected chi connectivity index (χ1v) is 9.83. The van der Waals surface area contributed by atoms with Gasteiger partial charge in [0.15, 0.2) is 0 Å². The van der Waals surface area contributed by atoms with Crippen molar-refractivity contribution in [2.45, 2.75) is 32.2 Å². The molecule has 0 unspecified atom stereocenters. The molecule has 7 heteroatoms. The van der Waals surface area contributed by atoms with Crippen molar-refractivity contribution in [1.82, 2.24) is 9.47 Å². The van der Waals surface area contributed by atoms with Crippen LogP contribution in [0.25, 0.3) is 0 Å². The van der Waals surface area contributed by atoms with Gasteiger partial charge in [0.1, 0.15) is 10.6 Å². The third kappa shape index (κ3) is 3.71.